The molecule has 0 aliphatic carbocycles. The van der Waals surface area contributed by atoms with E-state index in [1.165, 1.54) is 5.56 Å². The van der Waals surface area contributed by atoms with Gasteiger partial charge in [0.25, 0.3) is 0 Å². The number of thiophene rings is 1. The van der Waals surface area contributed by atoms with Gasteiger partial charge in [-0.3, -0.25) is 4.68 Å². The topological polar surface area (TPSA) is 54.2 Å². The van der Waals surface area contributed by atoms with Crippen molar-refractivity contribution in [2.24, 2.45) is 12.0 Å². The van der Waals surface area contributed by atoms with Gasteiger partial charge in [-0.25, -0.2) is 4.99 Å². The van der Waals surface area contributed by atoms with Crippen molar-refractivity contribution in [1.82, 2.24) is 20.4 Å². The SMILES string of the molecule is CCNC(=NCc1ccsc1)NCc1ccnn1C.I. The zero-order valence-electron chi connectivity index (χ0n) is 11.7. The second-order valence-corrected chi connectivity index (χ2v) is 4.91. The minimum absolute atomic E-state index is 0. The Balaban J connectivity index is 0.00000200. The maximum absolute atomic E-state index is 4.56. The monoisotopic (exact) mass is 405 g/mol. The molecular weight excluding hydrogens is 385 g/mol. The van der Waals surface area contributed by atoms with Crippen molar-refractivity contribution >= 4 is 41.3 Å². The van der Waals surface area contributed by atoms with E-state index in [0.717, 1.165) is 18.2 Å². The van der Waals surface area contributed by atoms with Crippen molar-refractivity contribution in [3.8, 4) is 0 Å². The van der Waals surface area contributed by atoms with Gasteiger partial charge >= 0.3 is 0 Å². The normalized spacial score (nSPS) is 11.0. The van der Waals surface area contributed by atoms with Crippen LogP contribution in [0.4, 0.5) is 0 Å². The van der Waals surface area contributed by atoms with Crippen molar-refractivity contribution in [3.63, 3.8) is 0 Å². The summed E-state index contributed by atoms with van der Waals surface area (Å²) in [6.07, 6.45) is 1.80. The van der Waals surface area contributed by atoms with Gasteiger partial charge in [0.05, 0.1) is 18.8 Å². The van der Waals surface area contributed by atoms with E-state index < -0.39 is 0 Å². The molecule has 0 radical (unpaired) electrons. The van der Waals surface area contributed by atoms with E-state index in [1.54, 1.807) is 17.5 Å². The highest BCUT2D eigenvalue weighted by Gasteiger charge is 2.01. The first-order chi connectivity index (χ1) is 9.29. The summed E-state index contributed by atoms with van der Waals surface area (Å²) in [4.78, 5) is 4.56. The van der Waals surface area contributed by atoms with E-state index >= 15 is 0 Å². The molecule has 0 amide bonds. The Bertz CT molecular complexity index is 521. The highest BCUT2D eigenvalue weighted by atomic mass is 127. The lowest BCUT2D eigenvalue weighted by Crippen LogP contribution is -2.37. The van der Waals surface area contributed by atoms with Crippen molar-refractivity contribution in [2.45, 2.75) is 20.0 Å². The van der Waals surface area contributed by atoms with Crippen LogP contribution >= 0.6 is 35.3 Å². The number of aliphatic imine (C=N–C) groups is 1. The summed E-state index contributed by atoms with van der Waals surface area (Å²) in [7, 11) is 1.94. The van der Waals surface area contributed by atoms with Crippen LogP contribution in [0.3, 0.4) is 0 Å². The molecule has 0 bridgehead atoms. The Morgan fingerprint density at radius 1 is 1.40 bits per heavy atom. The van der Waals surface area contributed by atoms with E-state index in [0.29, 0.717) is 13.1 Å². The molecule has 2 heterocycles. The van der Waals surface area contributed by atoms with Crippen LogP contribution in [0.1, 0.15) is 18.2 Å². The van der Waals surface area contributed by atoms with Gasteiger partial charge in [-0.05, 0) is 35.4 Å². The van der Waals surface area contributed by atoms with E-state index in [-0.39, 0.29) is 24.0 Å². The minimum Gasteiger partial charge on any atom is -0.357 e. The first-order valence-corrected chi connectivity index (χ1v) is 7.24. The molecule has 0 saturated heterocycles. The van der Waals surface area contributed by atoms with Crippen molar-refractivity contribution in [1.29, 1.82) is 0 Å². The largest absolute Gasteiger partial charge is 0.357 e. The zero-order chi connectivity index (χ0) is 13.5. The van der Waals surface area contributed by atoms with Crippen LogP contribution in [0, 0.1) is 0 Å². The maximum atomic E-state index is 4.56. The molecule has 0 atom stereocenters. The lowest BCUT2D eigenvalue weighted by atomic mass is 10.3. The summed E-state index contributed by atoms with van der Waals surface area (Å²) in [5.41, 5.74) is 2.36. The number of nitrogens with zero attached hydrogens (tertiary/aromatic N) is 3. The van der Waals surface area contributed by atoms with Crippen LogP contribution in [-0.4, -0.2) is 22.3 Å². The highest BCUT2D eigenvalue weighted by Crippen LogP contribution is 2.06. The summed E-state index contributed by atoms with van der Waals surface area (Å²) in [5, 5.41) is 14.9. The van der Waals surface area contributed by atoms with Gasteiger partial charge in [0.1, 0.15) is 0 Å². The fraction of sp³-hybridized carbons (Fsp3) is 0.385. The quantitative estimate of drug-likeness (QED) is 0.456. The third kappa shape index (κ3) is 5.12. The van der Waals surface area contributed by atoms with Gasteiger partial charge in [0, 0.05) is 19.8 Å². The van der Waals surface area contributed by atoms with Crippen LogP contribution in [-0.2, 0) is 20.1 Å². The summed E-state index contributed by atoms with van der Waals surface area (Å²) in [6.45, 7) is 4.32. The number of halogens is 1. The Labute approximate surface area is 140 Å². The average molecular weight is 405 g/mol. The van der Waals surface area contributed by atoms with Crippen molar-refractivity contribution in [2.75, 3.05) is 6.54 Å². The Kier molecular flexibility index (Phi) is 7.60. The molecule has 0 spiro atoms. The number of rotatable bonds is 5. The van der Waals surface area contributed by atoms with Gasteiger partial charge in [-0.15, -0.1) is 24.0 Å². The number of aromatic nitrogens is 2. The molecule has 0 saturated carbocycles. The molecule has 20 heavy (non-hydrogen) atoms. The van der Waals surface area contributed by atoms with E-state index in [4.69, 9.17) is 0 Å². The average Bonchev–Trinajstić information content (AvgIpc) is 3.04. The molecule has 0 unspecified atom stereocenters. The second-order valence-electron chi connectivity index (χ2n) is 4.13. The van der Waals surface area contributed by atoms with Crippen LogP contribution in [0.5, 0.6) is 0 Å². The fourth-order valence-electron chi connectivity index (χ4n) is 1.64. The molecule has 110 valence electrons. The van der Waals surface area contributed by atoms with Gasteiger partial charge in [0.2, 0.25) is 0 Å². The Hall–Kier alpha value is -1.09. The van der Waals surface area contributed by atoms with Gasteiger partial charge in [-0.2, -0.15) is 16.4 Å². The number of aryl methyl sites for hydroxylation is 1. The third-order valence-corrected chi connectivity index (χ3v) is 3.44. The molecule has 5 nitrogen and oxygen atoms in total. The summed E-state index contributed by atoms with van der Waals surface area (Å²) in [6, 6.07) is 4.09. The van der Waals surface area contributed by atoms with Crippen LogP contribution in [0.25, 0.3) is 0 Å². The number of hydrogen-bond acceptors (Lipinski definition) is 3. The summed E-state index contributed by atoms with van der Waals surface area (Å²) < 4.78 is 1.86. The van der Waals surface area contributed by atoms with Gasteiger partial charge in [0.15, 0.2) is 5.96 Å². The summed E-state index contributed by atoms with van der Waals surface area (Å²) >= 11 is 1.70. The molecule has 7 heteroatoms. The predicted molar refractivity (Wildman–Crippen MR) is 94.6 cm³/mol. The molecule has 0 aliphatic heterocycles. The molecule has 0 fully saturated rings. The van der Waals surface area contributed by atoms with E-state index in [2.05, 4.69) is 44.5 Å². The van der Waals surface area contributed by atoms with Crippen LogP contribution in [0.2, 0.25) is 0 Å². The van der Waals surface area contributed by atoms with Crippen LogP contribution in [0.15, 0.2) is 34.1 Å². The smallest absolute Gasteiger partial charge is 0.191 e. The standard InChI is InChI=1S/C13H19N5S.HI/c1-3-14-13(15-8-11-5-7-19-10-11)16-9-12-4-6-17-18(12)2;/h4-7,10H,3,8-9H2,1-2H3,(H2,14,15,16);1H. The van der Waals surface area contributed by atoms with Crippen LogP contribution < -0.4 is 10.6 Å². The number of hydrogen-bond donors (Lipinski definition) is 2. The predicted octanol–water partition coefficient (Wildman–Crippen LogP) is 2.35. The molecule has 0 aromatic carbocycles. The van der Waals surface area contributed by atoms with Crippen molar-refractivity contribution in [3.05, 3.63) is 40.3 Å². The highest BCUT2D eigenvalue weighted by molar-refractivity contribution is 14.0. The lowest BCUT2D eigenvalue weighted by Gasteiger charge is -2.11. The van der Waals surface area contributed by atoms with Gasteiger partial charge < -0.3 is 10.6 Å². The molecule has 0 aliphatic rings. The van der Waals surface area contributed by atoms with E-state index in [1.807, 2.05) is 17.8 Å². The number of guanidine groups is 1. The van der Waals surface area contributed by atoms with Gasteiger partial charge in [-0.1, -0.05) is 0 Å². The summed E-state index contributed by atoms with van der Waals surface area (Å²) in [5.74, 6) is 0.829. The third-order valence-electron chi connectivity index (χ3n) is 2.70. The molecule has 2 rings (SSSR count). The first kappa shape index (κ1) is 17.0. The Morgan fingerprint density at radius 2 is 2.25 bits per heavy atom. The molecular formula is C13H20IN5S. The second kappa shape index (κ2) is 8.96. The van der Waals surface area contributed by atoms with E-state index in [9.17, 15) is 0 Å². The lowest BCUT2D eigenvalue weighted by molar-refractivity contribution is 0.685. The minimum atomic E-state index is 0. The zero-order valence-corrected chi connectivity index (χ0v) is 14.8. The first-order valence-electron chi connectivity index (χ1n) is 6.29. The van der Waals surface area contributed by atoms with Crippen molar-refractivity contribution < 1.29 is 0 Å². The molecule has 2 N–H and O–H groups in total. The Morgan fingerprint density at radius 3 is 2.85 bits per heavy atom. The number of nitrogens with one attached hydrogen (secondary N) is 2. The molecule has 2 aromatic heterocycles. The fourth-order valence-corrected chi connectivity index (χ4v) is 2.30. The molecule has 2 aromatic rings. The maximum Gasteiger partial charge on any atom is 0.191 e.